The predicted octanol–water partition coefficient (Wildman–Crippen LogP) is 3.68. The van der Waals surface area contributed by atoms with Crippen molar-refractivity contribution in [1.29, 1.82) is 10.5 Å². The number of hydrogen-bond acceptors (Lipinski definition) is 10. The molecule has 50 heavy (non-hydrogen) atoms. The van der Waals surface area contributed by atoms with Crippen molar-refractivity contribution in [3.63, 3.8) is 0 Å². The molecule has 18 heteroatoms. The number of thiophene rings is 2. The van der Waals surface area contributed by atoms with Crippen molar-refractivity contribution in [2.45, 2.75) is 37.0 Å². The smallest absolute Gasteiger partial charge is 0.280 e. The summed E-state index contributed by atoms with van der Waals surface area (Å²) in [5.74, 6) is -0.853. The average molecular weight is 753 g/mol. The van der Waals surface area contributed by atoms with Crippen LogP contribution in [-0.4, -0.2) is 63.4 Å². The van der Waals surface area contributed by atoms with Crippen LogP contribution in [0.5, 0.6) is 0 Å². The van der Waals surface area contributed by atoms with Crippen LogP contribution in [0.3, 0.4) is 0 Å². The Bertz CT molecular complexity index is 1990. The molecule has 4 heterocycles. The van der Waals surface area contributed by atoms with E-state index in [1.54, 1.807) is 48.5 Å². The number of hydrogen-bond donors (Lipinski definition) is 4. The lowest BCUT2D eigenvalue weighted by Crippen LogP contribution is -2.55. The second-order valence-corrected chi connectivity index (χ2v) is 16.8. The van der Waals surface area contributed by atoms with Gasteiger partial charge >= 0.3 is 0 Å². The van der Waals surface area contributed by atoms with Crippen LogP contribution in [0.2, 0.25) is 0 Å². The van der Waals surface area contributed by atoms with Gasteiger partial charge < -0.3 is 10.6 Å². The molecule has 2 amide bonds. The van der Waals surface area contributed by atoms with Gasteiger partial charge in [-0.1, -0.05) is 24.3 Å². The van der Waals surface area contributed by atoms with Crippen LogP contribution < -0.4 is 20.1 Å². The molecule has 6 rings (SSSR count). The largest absolute Gasteiger partial charge is 0.325 e. The van der Waals surface area contributed by atoms with Gasteiger partial charge in [0.2, 0.25) is 11.8 Å². The molecule has 2 aliphatic heterocycles. The van der Waals surface area contributed by atoms with Crippen molar-refractivity contribution in [2.24, 2.45) is 0 Å². The molecular weight excluding hydrogens is 721 g/mol. The van der Waals surface area contributed by atoms with Gasteiger partial charge in [-0.3, -0.25) is 9.59 Å². The van der Waals surface area contributed by atoms with Gasteiger partial charge in [-0.2, -0.15) is 45.4 Å². The molecule has 2 aromatic heterocycles. The number of nitrogens with one attached hydrogen (secondary N) is 4. The Morgan fingerprint density at radius 3 is 1.44 bits per heavy atom. The molecule has 0 bridgehead atoms. The van der Waals surface area contributed by atoms with Crippen molar-refractivity contribution < 1.29 is 26.4 Å². The first-order valence-electron chi connectivity index (χ1n) is 15.0. The van der Waals surface area contributed by atoms with Crippen LogP contribution >= 0.6 is 22.7 Å². The number of carbonyl (C=O) groups is 2. The molecule has 4 aromatic rings. The zero-order chi connectivity index (χ0) is 36.1. The van der Waals surface area contributed by atoms with Crippen LogP contribution in [0, 0.1) is 22.7 Å². The van der Waals surface area contributed by atoms with Gasteiger partial charge in [0.05, 0.1) is 35.3 Å². The fraction of sp³-hybridized carbons (Fsp3) is 0.250. The minimum absolute atomic E-state index is 0.319. The Hall–Kier alpha value is -4.50. The molecule has 2 aromatic carbocycles. The highest BCUT2D eigenvalue weighted by molar-refractivity contribution is 7.87. The lowest BCUT2D eigenvalue weighted by atomic mass is 10.1. The maximum atomic E-state index is 12.7. The number of nitrogens with zero attached hydrogens (tertiary/aromatic N) is 4. The standard InChI is InChI=1S/2C16H16N4O3S2/c2*1-20-14(16(21)18-12-5-2-4-11(8-12)10-17)9-13(19-25(20,22)23)15-6-3-7-24-15/h2*2-8,13-14,19H,9H2,1H3,(H,18,21)/t13-,14+;/m1./s1. The molecule has 2 saturated heterocycles. The van der Waals surface area contributed by atoms with E-state index >= 15 is 0 Å². The molecule has 2 fully saturated rings. The summed E-state index contributed by atoms with van der Waals surface area (Å²) in [6.07, 6.45) is 0.639. The minimum atomic E-state index is -3.76. The number of nitriles is 2. The summed E-state index contributed by atoms with van der Waals surface area (Å²) >= 11 is 2.88. The zero-order valence-corrected chi connectivity index (χ0v) is 29.9. The average Bonchev–Trinajstić information content (AvgIpc) is 3.83. The summed E-state index contributed by atoms with van der Waals surface area (Å²) in [7, 11) is -4.76. The quantitative estimate of drug-likeness (QED) is 0.228. The first-order chi connectivity index (χ1) is 23.8. The molecule has 260 valence electrons. The van der Waals surface area contributed by atoms with E-state index in [0.717, 1.165) is 18.4 Å². The van der Waals surface area contributed by atoms with Gasteiger partial charge in [0.25, 0.3) is 20.4 Å². The normalized spacial score (nSPS) is 22.9. The van der Waals surface area contributed by atoms with Crippen molar-refractivity contribution in [3.05, 3.63) is 104 Å². The van der Waals surface area contributed by atoms with Gasteiger partial charge in [0, 0.05) is 35.2 Å². The lowest BCUT2D eigenvalue weighted by Gasteiger charge is -2.35. The maximum absolute atomic E-state index is 12.7. The summed E-state index contributed by atoms with van der Waals surface area (Å²) in [4.78, 5) is 27.0. The van der Waals surface area contributed by atoms with Gasteiger partial charge in [0.1, 0.15) is 12.1 Å². The fourth-order valence-electron chi connectivity index (χ4n) is 5.36. The van der Waals surface area contributed by atoms with Gasteiger partial charge in [0.15, 0.2) is 0 Å². The van der Waals surface area contributed by atoms with E-state index in [0.29, 0.717) is 35.3 Å². The van der Waals surface area contributed by atoms with Crippen molar-refractivity contribution in [1.82, 2.24) is 18.1 Å². The Morgan fingerprint density at radius 1 is 0.700 bits per heavy atom. The second kappa shape index (κ2) is 15.6. The van der Waals surface area contributed by atoms with E-state index in [4.69, 9.17) is 10.5 Å². The molecule has 4 N–H and O–H groups in total. The summed E-state index contributed by atoms with van der Waals surface area (Å²) in [6.45, 7) is 0. The number of likely N-dealkylation sites (N-methyl/N-ethyl adjacent to an activating group) is 2. The van der Waals surface area contributed by atoms with Crippen LogP contribution in [0.4, 0.5) is 11.4 Å². The number of benzene rings is 2. The number of rotatable bonds is 6. The number of amides is 2. The van der Waals surface area contributed by atoms with E-state index in [2.05, 4.69) is 20.1 Å². The second-order valence-electron chi connectivity index (χ2n) is 11.3. The first kappa shape index (κ1) is 36.8. The van der Waals surface area contributed by atoms with E-state index < -0.39 is 56.4 Å². The minimum Gasteiger partial charge on any atom is -0.325 e. The molecule has 14 nitrogen and oxygen atoms in total. The Morgan fingerprint density at radius 2 is 1.10 bits per heavy atom. The maximum Gasteiger partial charge on any atom is 0.280 e. The Kier molecular flexibility index (Phi) is 11.5. The molecule has 0 spiro atoms. The SMILES string of the molecule is CN1C(C(=O)Nc2cccc(C#N)c2)CC(c2cccs2)NS1(=O)=O.CN1[C@H](C(=O)Nc2cccc(C#N)c2)C[C@H](c2cccs2)NS1(=O)=O. The molecule has 2 unspecified atom stereocenters. The summed E-state index contributed by atoms with van der Waals surface area (Å²) in [5.41, 5.74) is 1.75. The first-order valence-corrected chi connectivity index (χ1v) is 19.6. The monoisotopic (exact) mass is 752 g/mol. The molecule has 0 aliphatic carbocycles. The van der Waals surface area contributed by atoms with Crippen molar-refractivity contribution in [2.75, 3.05) is 24.7 Å². The molecule has 2 aliphatic rings. The highest BCUT2D eigenvalue weighted by atomic mass is 32.2. The number of carbonyl (C=O) groups excluding carboxylic acids is 2. The number of anilines is 2. The van der Waals surface area contributed by atoms with Crippen molar-refractivity contribution in [3.8, 4) is 12.1 Å². The van der Waals surface area contributed by atoms with Gasteiger partial charge in [-0.15, -0.1) is 22.7 Å². The highest BCUT2D eigenvalue weighted by Gasteiger charge is 2.42. The Labute approximate surface area is 298 Å². The van der Waals surface area contributed by atoms with E-state index in [1.165, 1.54) is 36.8 Å². The van der Waals surface area contributed by atoms with E-state index in [1.807, 2.05) is 47.2 Å². The predicted molar refractivity (Wildman–Crippen MR) is 190 cm³/mol. The topological polar surface area (TPSA) is 205 Å². The summed E-state index contributed by atoms with van der Waals surface area (Å²) in [5, 5.41) is 27.0. The summed E-state index contributed by atoms with van der Waals surface area (Å²) in [6, 6.07) is 21.8. The molecule has 0 radical (unpaired) electrons. The Balaban J connectivity index is 0.000000194. The van der Waals surface area contributed by atoms with E-state index in [-0.39, 0.29) is 0 Å². The van der Waals surface area contributed by atoms with Crippen molar-refractivity contribution >= 4 is 66.3 Å². The van der Waals surface area contributed by atoms with Crippen LogP contribution in [-0.2, 0) is 30.0 Å². The third kappa shape index (κ3) is 8.62. The third-order valence-electron chi connectivity index (χ3n) is 8.03. The molecule has 0 saturated carbocycles. The van der Waals surface area contributed by atoms with E-state index in [9.17, 15) is 26.4 Å². The molecule has 4 atom stereocenters. The van der Waals surface area contributed by atoms with Gasteiger partial charge in [-0.25, -0.2) is 0 Å². The lowest BCUT2D eigenvalue weighted by molar-refractivity contribution is -0.120. The zero-order valence-electron chi connectivity index (χ0n) is 26.7. The fourth-order valence-corrected chi connectivity index (χ4v) is 9.62. The van der Waals surface area contributed by atoms with Gasteiger partial charge in [-0.05, 0) is 72.1 Å². The summed E-state index contributed by atoms with van der Waals surface area (Å²) < 4.78 is 56.7. The highest BCUT2D eigenvalue weighted by Crippen LogP contribution is 2.32. The van der Waals surface area contributed by atoms with Crippen LogP contribution in [0.1, 0.15) is 45.8 Å². The molecular formula is C32H32N8O6S4. The third-order valence-corrected chi connectivity index (χ3v) is 13.2. The van der Waals surface area contributed by atoms with Crippen LogP contribution in [0.15, 0.2) is 83.6 Å². The van der Waals surface area contributed by atoms with Crippen LogP contribution in [0.25, 0.3) is 0 Å².